The molecule has 2 aromatic heterocycles. The maximum absolute atomic E-state index is 13.4. The van der Waals surface area contributed by atoms with Crippen LogP contribution in [0.1, 0.15) is 53.3 Å². The molecule has 0 amide bonds. The number of carbonyl (C=O) groups excluding carboxylic acids is 2. The Kier molecular flexibility index (Phi) is 10.6. The van der Waals surface area contributed by atoms with Gasteiger partial charge in [-0.1, -0.05) is 6.92 Å². The number of nitrogens with one attached hydrogen (secondary N) is 1. The molecular weight excluding hydrogens is 464 g/mol. The van der Waals surface area contributed by atoms with Gasteiger partial charge in [-0.15, -0.1) is 36.2 Å². The number of benzene rings is 1. The molecular formula is C21H26Cl2FN3O3S. The summed E-state index contributed by atoms with van der Waals surface area (Å²) >= 11 is 1.21. The number of esters is 1. The van der Waals surface area contributed by atoms with Crippen molar-refractivity contribution in [2.45, 2.75) is 32.3 Å². The normalized spacial score (nSPS) is 11.6. The van der Waals surface area contributed by atoms with E-state index in [0.717, 1.165) is 13.0 Å². The van der Waals surface area contributed by atoms with Gasteiger partial charge in [0, 0.05) is 28.9 Å². The summed E-state index contributed by atoms with van der Waals surface area (Å²) in [5, 5.41) is 2.71. The van der Waals surface area contributed by atoms with Gasteiger partial charge in [0.05, 0.1) is 11.3 Å². The summed E-state index contributed by atoms with van der Waals surface area (Å²) in [6.45, 7) is 2.72. The van der Waals surface area contributed by atoms with Crippen molar-refractivity contribution < 1.29 is 18.7 Å². The number of nitrogens with zero attached hydrogens (tertiary/aromatic N) is 2. The molecule has 0 aliphatic carbocycles. The van der Waals surface area contributed by atoms with E-state index in [0.29, 0.717) is 40.0 Å². The predicted octanol–water partition coefficient (Wildman–Crippen LogP) is 5.17. The smallest absolute Gasteiger partial charge is 0.306 e. The average molecular weight is 490 g/mol. The number of halogens is 3. The van der Waals surface area contributed by atoms with Gasteiger partial charge in [0.1, 0.15) is 11.9 Å². The third kappa shape index (κ3) is 6.74. The Labute approximate surface area is 197 Å². The molecule has 3 rings (SSSR count). The Morgan fingerprint density at radius 2 is 2.03 bits per heavy atom. The lowest BCUT2D eigenvalue weighted by Gasteiger charge is -2.14. The van der Waals surface area contributed by atoms with E-state index in [1.807, 2.05) is 25.9 Å². The zero-order valence-corrected chi connectivity index (χ0v) is 20.0. The van der Waals surface area contributed by atoms with Crippen LogP contribution in [-0.4, -0.2) is 47.3 Å². The number of fused-ring (bicyclic) bond motifs is 1. The number of H-pyrrole nitrogens is 1. The van der Waals surface area contributed by atoms with Crippen molar-refractivity contribution in [3.63, 3.8) is 0 Å². The van der Waals surface area contributed by atoms with E-state index in [4.69, 9.17) is 4.74 Å². The topological polar surface area (TPSA) is 75.3 Å². The third-order valence-corrected chi connectivity index (χ3v) is 5.42. The number of rotatable bonds is 9. The van der Waals surface area contributed by atoms with Crippen LogP contribution in [0.25, 0.3) is 10.9 Å². The molecule has 0 saturated heterocycles. The van der Waals surface area contributed by atoms with Gasteiger partial charge < -0.3 is 14.6 Å². The van der Waals surface area contributed by atoms with E-state index >= 15 is 0 Å². The lowest BCUT2D eigenvalue weighted by Crippen LogP contribution is -2.16. The monoisotopic (exact) mass is 489 g/mol. The molecule has 0 bridgehead atoms. The van der Waals surface area contributed by atoms with E-state index in [9.17, 15) is 14.0 Å². The van der Waals surface area contributed by atoms with E-state index in [1.54, 1.807) is 17.6 Å². The van der Waals surface area contributed by atoms with E-state index in [-0.39, 0.29) is 42.4 Å². The number of hydrogen-bond acceptors (Lipinski definition) is 6. The molecule has 0 fully saturated rings. The summed E-state index contributed by atoms with van der Waals surface area (Å²) in [5.74, 6) is -0.877. The Morgan fingerprint density at radius 3 is 2.71 bits per heavy atom. The Morgan fingerprint density at radius 1 is 1.29 bits per heavy atom. The number of aromatic amines is 1. The minimum atomic E-state index is -0.475. The lowest BCUT2D eigenvalue weighted by atomic mass is 10.1. The second-order valence-corrected chi connectivity index (χ2v) is 7.95. The van der Waals surface area contributed by atoms with Gasteiger partial charge in [-0.2, -0.15) is 0 Å². The van der Waals surface area contributed by atoms with Gasteiger partial charge in [0.25, 0.3) is 0 Å². The van der Waals surface area contributed by atoms with E-state index < -0.39 is 6.10 Å². The van der Waals surface area contributed by atoms with Crippen molar-refractivity contribution in [2.24, 2.45) is 0 Å². The molecule has 1 N–H and O–H groups in total. The molecule has 0 radical (unpaired) electrons. The first-order valence-corrected chi connectivity index (χ1v) is 10.4. The molecule has 170 valence electrons. The molecule has 2 heterocycles. The van der Waals surface area contributed by atoms with Gasteiger partial charge >= 0.3 is 5.97 Å². The highest BCUT2D eigenvalue weighted by Gasteiger charge is 2.22. The number of ketones is 1. The van der Waals surface area contributed by atoms with Crippen LogP contribution in [0, 0.1) is 5.82 Å². The van der Waals surface area contributed by atoms with Crippen LogP contribution in [-0.2, 0) is 9.53 Å². The van der Waals surface area contributed by atoms with Crippen LogP contribution in [0.15, 0.2) is 29.8 Å². The van der Waals surface area contributed by atoms with Crippen LogP contribution < -0.4 is 0 Å². The first kappa shape index (κ1) is 27.0. The van der Waals surface area contributed by atoms with Crippen molar-refractivity contribution in [3.8, 4) is 0 Å². The SMILES string of the molecule is CCC(OC(=O)CCCN(C)C)c1csc(C(=O)c2c[nH]c3cc(F)ccc23)n1.Cl.Cl. The van der Waals surface area contributed by atoms with E-state index in [1.165, 1.54) is 23.5 Å². The maximum Gasteiger partial charge on any atom is 0.306 e. The number of thiazole rings is 1. The van der Waals surface area contributed by atoms with Crippen LogP contribution in [0.4, 0.5) is 4.39 Å². The quantitative estimate of drug-likeness (QED) is 0.331. The van der Waals surface area contributed by atoms with Gasteiger partial charge in [-0.3, -0.25) is 9.59 Å². The molecule has 1 unspecified atom stereocenters. The average Bonchev–Trinajstić information content (AvgIpc) is 3.32. The van der Waals surface area contributed by atoms with Gasteiger partial charge in [0.2, 0.25) is 5.78 Å². The molecule has 1 aromatic carbocycles. The second kappa shape index (κ2) is 12.1. The Hall–Kier alpha value is -2.00. The zero-order chi connectivity index (χ0) is 21.0. The molecule has 3 aromatic rings. The van der Waals surface area contributed by atoms with E-state index in [2.05, 4.69) is 9.97 Å². The van der Waals surface area contributed by atoms with Crippen molar-refractivity contribution in [1.82, 2.24) is 14.9 Å². The summed E-state index contributed by atoms with van der Waals surface area (Å²) in [7, 11) is 3.91. The van der Waals surface area contributed by atoms with Crippen molar-refractivity contribution in [2.75, 3.05) is 20.6 Å². The number of carbonyl (C=O) groups is 2. The van der Waals surface area contributed by atoms with Gasteiger partial charge in [0.15, 0.2) is 5.01 Å². The van der Waals surface area contributed by atoms with Crippen molar-refractivity contribution in [1.29, 1.82) is 0 Å². The Balaban J connectivity index is 0.00000240. The fraction of sp³-hybridized carbons (Fsp3) is 0.381. The highest BCUT2D eigenvalue weighted by Crippen LogP contribution is 2.27. The molecule has 1 atom stereocenters. The van der Waals surface area contributed by atoms with Crippen LogP contribution in [0.2, 0.25) is 0 Å². The summed E-state index contributed by atoms with van der Waals surface area (Å²) in [5.41, 5.74) is 1.57. The van der Waals surface area contributed by atoms with Gasteiger partial charge in [-0.05, 0) is 51.7 Å². The van der Waals surface area contributed by atoms with Crippen LogP contribution >= 0.6 is 36.2 Å². The lowest BCUT2D eigenvalue weighted by molar-refractivity contribution is -0.150. The molecule has 0 aliphatic heterocycles. The first-order valence-electron chi connectivity index (χ1n) is 9.50. The van der Waals surface area contributed by atoms with Crippen molar-refractivity contribution >= 4 is 58.8 Å². The molecule has 10 heteroatoms. The fourth-order valence-corrected chi connectivity index (χ4v) is 3.86. The Bertz CT molecular complexity index is 1020. The number of ether oxygens (including phenoxy) is 1. The fourth-order valence-electron chi connectivity index (χ4n) is 3.05. The van der Waals surface area contributed by atoms with Crippen LogP contribution in [0.5, 0.6) is 0 Å². The number of aromatic nitrogens is 2. The molecule has 6 nitrogen and oxygen atoms in total. The minimum Gasteiger partial charge on any atom is -0.456 e. The predicted molar refractivity (Wildman–Crippen MR) is 125 cm³/mol. The third-order valence-electron chi connectivity index (χ3n) is 4.57. The maximum atomic E-state index is 13.4. The zero-order valence-electron chi connectivity index (χ0n) is 17.5. The number of hydrogen-bond donors (Lipinski definition) is 1. The summed E-state index contributed by atoms with van der Waals surface area (Å²) < 4.78 is 18.9. The highest BCUT2D eigenvalue weighted by molar-refractivity contribution is 7.12. The summed E-state index contributed by atoms with van der Waals surface area (Å²) in [6.07, 6.45) is 2.73. The largest absolute Gasteiger partial charge is 0.456 e. The van der Waals surface area contributed by atoms with Gasteiger partial charge in [-0.25, -0.2) is 9.37 Å². The molecule has 31 heavy (non-hydrogen) atoms. The summed E-state index contributed by atoms with van der Waals surface area (Å²) in [4.78, 5) is 34.3. The van der Waals surface area contributed by atoms with Crippen LogP contribution in [0.3, 0.4) is 0 Å². The first-order chi connectivity index (χ1) is 13.9. The molecule has 0 aliphatic rings. The summed E-state index contributed by atoms with van der Waals surface area (Å²) in [6, 6.07) is 4.25. The molecule has 0 saturated carbocycles. The highest BCUT2D eigenvalue weighted by atomic mass is 35.5. The standard InChI is InChI=1S/C21H24FN3O3S.2ClH/c1-4-18(28-19(26)6-5-9-25(2)3)17-12-29-21(24-17)20(27)15-11-23-16-10-13(22)7-8-14(15)16;;/h7-8,10-12,18,23H,4-6,9H2,1-3H3;2*1H. The minimum absolute atomic E-state index is 0. The van der Waals surface area contributed by atoms with Crippen molar-refractivity contribution in [3.05, 3.63) is 51.9 Å². The molecule has 0 spiro atoms. The second-order valence-electron chi connectivity index (χ2n) is 7.09.